The van der Waals surface area contributed by atoms with Gasteiger partial charge in [0.05, 0.1) is 6.54 Å². The van der Waals surface area contributed by atoms with E-state index in [9.17, 15) is 14.0 Å². The van der Waals surface area contributed by atoms with Crippen LogP contribution in [0.3, 0.4) is 0 Å². The van der Waals surface area contributed by atoms with Crippen LogP contribution in [0.25, 0.3) is 0 Å². The number of anilines is 1. The molecular formula is C18H17ClFN3O2. The lowest BCUT2D eigenvalue weighted by molar-refractivity contribution is -0.119. The number of carbonyl (C=O) groups is 2. The summed E-state index contributed by atoms with van der Waals surface area (Å²) in [5, 5.41) is 2.91. The third-order valence-electron chi connectivity index (χ3n) is 4.06. The van der Waals surface area contributed by atoms with Crippen molar-refractivity contribution in [2.24, 2.45) is 5.73 Å². The van der Waals surface area contributed by atoms with E-state index in [2.05, 4.69) is 5.32 Å². The lowest BCUT2D eigenvalue weighted by atomic mass is 9.99. The van der Waals surface area contributed by atoms with Gasteiger partial charge < -0.3 is 11.1 Å². The van der Waals surface area contributed by atoms with E-state index in [-0.39, 0.29) is 23.0 Å². The number of nitrogens with two attached hydrogens (primary N) is 1. The Morgan fingerprint density at radius 1 is 1.20 bits per heavy atom. The van der Waals surface area contributed by atoms with E-state index in [0.29, 0.717) is 12.2 Å². The van der Waals surface area contributed by atoms with Crippen LogP contribution in [0.5, 0.6) is 0 Å². The SMILES string of the molecule is NC(=O)CN1CCc2ccc(NC(=O)c3cc(F)cc(Cl)c3)cc2C1. The number of halogens is 2. The molecule has 2 aromatic carbocycles. The van der Waals surface area contributed by atoms with Gasteiger partial charge in [0.15, 0.2) is 0 Å². The van der Waals surface area contributed by atoms with Crippen molar-refractivity contribution < 1.29 is 14.0 Å². The van der Waals surface area contributed by atoms with E-state index in [1.54, 1.807) is 6.07 Å². The van der Waals surface area contributed by atoms with Crippen molar-refractivity contribution in [2.75, 3.05) is 18.4 Å². The molecule has 0 radical (unpaired) electrons. The van der Waals surface area contributed by atoms with Crippen LogP contribution < -0.4 is 11.1 Å². The smallest absolute Gasteiger partial charge is 0.255 e. The van der Waals surface area contributed by atoms with Crippen molar-refractivity contribution in [1.82, 2.24) is 4.90 Å². The first kappa shape index (κ1) is 17.4. The molecule has 7 heteroatoms. The van der Waals surface area contributed by atoms with E-state index < -0.39 is 11.7 Å². The van der Waals surface area contributed by atoms with E-state index >= 15 is 0 Å². The van der Waals surface area contributed by atoms with Crippen molar-refractivity contribution in [1.29, 1.82) is 0 Å². The van der Waals surface area contributed by atoms with Crippen LogP contribution in [0.4, 0.5) is 10.1 Å². The number of hydrogen-bond acceptors (Lipinski definition) is 3. The van der Waals surface area contributed by atoms with E-state index in [4.69, 9.17) is 17.3 Å². The second-order valence-corrected chi connectivity index (χ2v) is 6.46. The van der Waals surface area contributed by atoms with Crippen LogP contribution in [-0.4, -0.2) is 29.8 Å². The quantitative estimate of drug-likeness (QED) is 0.878. The summed E-state index contributed by atoms with van der Waals surface area (Å²) in [6.45, 7) is 1.56. The highest BCUT2D eigenvalue weighted by molar-refractivity contribution is 6.31. The Bertz CT molecular complexity index is 821. The van der Waals surface area contributed by atoms with Crippen molar-refractivity contribution in [2.45, 2.75) is 13.0 Å². The highest BCUT2D eigenvalue weighted by atomic mass is 35.5. The average molecular weight is 362 g/mol. The molecule has 0 unspecified atom stereocenters. The third-order valence-corrected chi connectivity index (χ3v) is 4.28. The lowest BCUT2D eigenvalue weighted by Crippen LogP contribution is -2.37. The monoisotopic (exact) mass is 361 g/mol. The molecule has 0 bridgehead atoms. The maximum absolute atomic E-state index is 13.4. The summed E-state index contributed by atoms with van der Waals surface area (Å²) in [5.41, 5.74) is 8.21. The van der Waals surface area contributed by atoms with Crippen LogP contribution in [0.15, 0.2) is 36.4 Å². The standard InChI is InChI=1S/C18H17ClFN3O2/c19-14-5-12(6-15(20)8-14)18(25)22-16-2-1-11-3-4-23(10-17(21)24)9-13(11)7-16/h1-2,5-8H,3-4,9-10H2,(H2,21,24)(H,22,25). The summed E-state index contributed by atoms with van der Waals surface area (Å²) in [5.74, 6) is -1.37. The van der Waals surface area contributed by atoms with Crippen LogP contribution >= 0.6 is 11.6 Å². The van der Waals surface area contributed by atoms with Crippen LogP contribution in [-0.2, 0) is 17.8 Å². The fraction of sp³-hybridized carbons (Fsp3) is 0.222. The van der Waals surface area contributed by atoms with Gasteiger partial charge in [-0.3, -0.25) is 14.5 Å². The van der Waals surface area contributed by atoms with Crippen LogP contribution in [0, 0.1) is 5.82 Å². The molecule has 0 aliphatic carbocycles. The molecule has 0 saturated carbocycles. The normalized spacial score (nSPS) is 14.0. The van der Waals surface area contributed by atoms with Gasteiger partial charge in [-0.2, -0.15) is 0 Å². The van der Waals surface area contributed by atoms with E-state index in [0.717, 1.165) is 30.7 Å². The first-order valence-corrected chi connectivity index (χ1v) is 8.18. The zero-order chi connectivity index (χ0) is 18.0. The Kier molecular flexibility index (Phi) is 5.01. The fourth-order valence-electron chi connectivity index (χ4n) is 2.94. The molecular weight excluding hydrogens is 345 g/mol. The molecule has 3 rings (SSSR count). The second-order valence-electron chi connectivity index (χ2n) is 6.02. The number of primary amides is 1. The predicted molar refractivity (Wildman–Crippen MR) is 94.0 cm³/mol. The minimum atomic E-state index is -0.565. The zero-order valence-corrected chi connectivity index (χ0v) is 14.1. The first-order valence-electron chi connectivity index (χ1n) is 7.80. The number of carbonyl (C=O) groups excluding carboxylic acids is 2. The number of benzene rings is 2. The molecule has 0 saturated heterocycles. The van der Waals surface area contributed by atoms with Gasteiger partial charge in [-0.05, 0) is 47.9 Å². The Hall–Kier alpha value is -2.44. The van der Waals surface area contributed by atoms with Crippen molar-refractivity contribution in [3.8, 4) is 0 Å². The van der Waals surface area contributed by atoms with Gasteiger partial charge in [-0.25, -0.2) is 4.39 Å². The van der Waals surface area contributed by atoms with Gasteiger partial charge in [0.1, 0.15) is 5.82 Å². The number of rotatable bonds is 4. The summed E-state index contributed by atoms with van der Waals surface area (Å²) >= 11 is 5.79. The summed E-state index contributed by atoms with van der Waals surface area (Å²) in [4.78, 5) is 25.3. The summed E-state index contributed by atoms with van der Waals surface area (Å²) in [7, 11) is 0. The average Bonchev–Trinajstić information content (AvgIpc) is 2.53. The van der Waals surface area contributed by atoms with Crippen molar-refractivity contribution in [3.63, 3.8) is 0 Å². The molecule has 1 aliphatic heterocycles. The number of amides is 2. The summed E-state index contributed by atoms with van der Waals surface area (Å²) in [6.07, 6.45) is 0.816. The zero-order valence-electron chi connectivity index (χ0n) is 13.4. The molecule has 0 aromatic heterocycles. The van der Waals surface area contributed by atoms with Crippen molar-refractivity contribution in [3.05, 3.63) is 63.9 Å². The molecule has 2 amide bonds. The van der Waals surface area contributed by atoms with Crippen molar-refractivity contribution >= 4 is 29.1 Å². The minimum Gasteiger partial charge on any atom is -0.369 e. The second kappa shape index (κ2) is 7.21. The Labute approximate surface area is 149 Å². The van der Waals surface area contributed by atoms with Gasteiger partial charge >= 0.3 is 0 Å². The number of nitrogens with one attached hydrogen (secondary N) is 1. The Balaban J connectivity index is 1.76. The van der Waals surface area contributed by atoms with Gasteiger partial charge in [-0.1, -0.05) is 17.7 Å². The first-order chi connectivity index (χ1) is 11.9. The van der Waals surface area contributed by atoms with Gasteiger partial charge in [-0.15, -0.1) is 0 Å². The molecule has 5 nitrogen and oxygen atoms in total. The van der Waals surface area contributed by atoms with Crippen LogP contribution in [0.2, 0.25) is 5.02 Å². The Morgan fingerprint density at radius 2 is 2.00 bits per heavy atom. The highest BCUT2D eigenvalue weighted by Gasteiger charge is 2.18. The van der Waals surface area contributed by atoms with Gasteiger partial charge in [0, 0.05) is 29.4 Å². The molecule has 1 heterocycles. The predicted octanol–water partition coefficient (Wildman–Crippen LogP) is 2.57. The molecule has 3 N–H and O–H groups in total. The summed E-state index contributed by atoms with van der Waals surface area (Å²) in [6, 6.07) is 9.31. The molecule has 2 aromatic rings. The third kappa shape index (κ3) is 4.35. The number of hydrogen-bond donors (Lipinski definition) is 2. The van der Waals surface area contributed by atoms with Gasteiger partial charge in [0.25, 0.3) is 5.91 Å². The topological polar surface area (TPSA) is 75.4 Å². The largest absolute Gasteiger partial charge is 0.369 e. The lowest BCUT2D eigenvalue weighted by Gasteiger charge is -2.28. The number of fused-ring (bicyclic) bond motifs is 1. The van der Waals surface area contributed by atoms with Crippen LogP contribution in [0.1, 0.15) is 21.5 Å². The van der Waals surface area contributed by atoms with E-state index in [1.165, 1.54) is 11.6 Å². The summed E-state index contributed by atoms with van der Waals surface area (Å²) < 4.78 is 13.4. The highest BCUT2D eigenvalue weighted by Crippen LogP contribution is 2.23. The molecule has 130 valence electrons. The van der Waals surface area contributed by atoms with Gasteiger partial charge in [0.2, 0.25) is 5.91 Å². The minimum absolute atomic E-state index is 0.151. The molecule has 0 spiro atoms. The molecule has 25 heavy (non-hydrogen) atoms. The van der Waals surface area contributed by atoms with E-state index in [1.807, 2.05) is 17.0 Å². The molecule has 1 aliphatic rings. The molecule has 0 fully saturated rings. The number of nitrogens with zero attached hydrogens (tertiary/aromatic N) is 1. The fourth-order valence-corrected chi connectivity index (χ4v) is 3.16. The molecule has 0 atom stereocenters. The maximum atomic E-state index is 13.4. The maximum Gasteiger partial charge on any atom is 0.255 e. The Morgan fingerprint density at radius 3 is 2.72 bits per heavy atom.